The molecule has 1 rings (SSSR count). The van der Waals surface area contributed by atoms with Gasteiger partial charge in [-0.15, -0.1) is 0 Å². The Hall–Kier alpha value is -0.930. The maximum absolute atomic E-state index is 6.19. The highest BCUT2D eigenvalue weighted by Crippen LogP contribution is 2.33. The molecule has 3 nitrogen and oxygen atoms in total. The van der Waals surface area contributed by atoms with Gasteiger partial charge in [0.1, 0.15) is 0 Å². The lowest BCUT2D eigenvalue weighted by atomic mass is 10.1. The number of aryl methyl sites for hydroxylation is 1. The first-order valence-electron chi connectivity index (χ1n) is 5.74. The van der Waals surface area contributed by atoms with Gasteiger partial charge in [-0.05, 0) is 37.8 Å². The summed E-state index contributed by atoms with van der Waals surface area (Å²) in [5.74, 6) is 1.38. The van der Waals surface area contributed by atoms with Crippen molar-refractivity contribution in [2.45, 2.75) is 32.2 Å². The van der Waals surface area contributed by atoms with Gasteiger partial charge >= 0.3 is 0 Å². The van der Waals surface area contributed by atoms with Gasteiger partial charge in [0.25, 0.3) is 0 Å². The molecular formula is C13H20ClNO2. The van der Waals surface area contributed by atoms with Crippen LogP contribution in [0, 0.1) is 0 Å². The fourth-order valence-corrected chi connectivity index (χ4v) is 1.95. The summed E-state index contributed by atoms with van der Waals surface area (Å²) < 4.78 is 10.4. The molecule has 0 spiro atoms. The van der Waals surface area contributed by atoms with E-state index in [1.165, 1.54) is 0 Å². The molecule has 0 aromatic heterocycles. The normalized spacial score (nSPS) is 12.3. The van der Waals surface area contributed by atoms with Gasteiger partial charge < -0.3 is 15.2 Å². The van der Waals surface area contributed by atoms with Crippen molar-refractivity contribution >= 4 is 11.6 Å². The number of hydrogen-bond acceptors (Lipinski definition) is 3. The Morgan fingerprint density at radius 2 is 1.82 bits per heavy atom. The van der Waals surface area contributed by atoms with E-state index in [0.29, 0.717) is 16.5 Å². The van der Waals surface area contributed by atoms with Crippen LogP contribution in [0.4, 0.5) is 0 Å². The van der Waals surface area contributed by atoms with Gasteiger partial charge in [-0.2, -0.15) is 0 Å². The average molecular weight is 258 g/mol. The van der Waals surface area contributed by atoms with E-state index < -0.39 is 0 Å². The van der Waals surface area contributed by atoms with Crippen molar-refractivity contribution in [2.75, 3.05) is 14.2 Å². The molecule has 0 saturated carbocycles. The lowest BCUT2D eigenvalue weighted by Gasteiger charge is -2.12. The van der Waals surface area contributed by atoms with Crippen LogP contribution < -0.4 is 15.2 Å². The first-order valence-corrected chi connectivity index (χ1v) is 6.12. The molecule has 17 heavy (non-hydrogen) atoms. The van der Waals surface area contributed by atoms with E-state index in [-0.39, 0.29) is 6.04 Å². The third-order valence-electron chi connectivity index (χ3n) is 2.66. The van der Waals surface area contributed by atoms with Crippen molar-refractivity contribution in [2.24, 2.45) is 5.73 Å². The predicted molar refractivity (Wildman–Crippen MR) is 71.1 cm³/mol. The molecular weight excluding hydrogens is 238 g/mol. The molecule has 96 valence electrons. The van der Waals surface area contributed by atoms with Crippen molar-refractivity contribution in [3.8, 4) is 11.5 Å². The number of nitrogens with two attached hydrogens (primary N) is 1. The monoisotopic (exact) mass is 257 g/mol. The standard InChI is InChI=1S/C13H20ClNO2/c1-9(15)5-4-6-10-7-12(16-2)13(17-3)8-11(10)14/h7-9H,4-6,15H2,1-3H3. The molecule has 0 bridgehead atoms. The minimum Gasteiger partial charge on any atom is -0.493 e. The van der Waals surface area contributed by atoms with Crippen molar-refractivity contribution < 1.29 is 9.47 Å². The Labute approximate surface area is 108 Å². The first-order chi connectivity index (χ1) is 8.08. The van der Waals surface area contributed by atoms with E-state index in [1.54, 1.807) is 20.3 Å². The molecule has 1 aromatic carbocycles. The van der Waals surface area contributed by atoms with Gasteiger partial charge in [-0.3, -0.25) is 0 Å². The second-order valence-electron chi connectivity index (χ2n) is 4.17. The third kappa shape index (κ3) is 4.10. The smallest absolute Gasteiger partial charge is 0.162 e. The molecule has 0 aliphatic rings. The van der Waals surface area contributed by atoms with Gasteiger partial charge in [0.05, 0.1) is 14.2 Å². The summed E-state index contributed by atoms with van der Waals surface area (Å²) in [6.45, 7) is 2.01. The van der Waals surface area contributed by atoms with Crippen LogP contribution in [0.5, 0.6) is 11.5 Å². The predicted octanol–water partition coefficient (Wildman–Crippen LogP) is 3.03. The Bertz CT molecular complexity index is 367. The summed E-state index contributed by atoms with van der Waals surface area (Å²) in [4.78, 5) is 0. The molecule has 0 heterocycles. The number of methoxy groups -OCH3 is 2. The van der Waals surface area contributed by atoms with Gasteiger partial charge in [0, 0.05) is 17.1 Å². The third-order valence-corrected chi connectivity index (χ3v) is 3.01. The minimum atomic E-state index is 0.230. The van der Waals surface area contributed by atoms with Gasteiger partial charge in [-0.1, -0.05) is 11.6 Å². The molecule has 0 radical (unpaired) electrons. The molecule has 0 amide bonds. The van der Waals surface area contributed by atoms with E-state index in [4.69, 9.17) is 26.8 Å². The van der Waals surface area contributed by atoms with E-state index >= 15 is 0 Å². The second kappa shape index (κ2) is 6.72. The summed E-state index contributed by atoms with van der Waals surface area (Å²) >= 11 is 6.19. The molecule has 1 aromatic rings. The summed E-state index contributed by atoms with van der Waals surface area (Å²) in [6, 6.07) is 3.96. The minimum absolute atomic E-state index is 0.230. The highest BCUT2D eigenvalue weighted by Gasteiger charge is 2.09. The molecule has 4 heteroatoms. The van der Waals surface area contributed by atoms with Crippen molar-refractivity contribution in [3.05, 3.63) is 22.7 Å². The number of hydrogen-bond donors (Lipinski definition) is 1. The largest absolute Gasteiger partial charge is 0.493 e. The summed E-state index contributed by atoms with van der Waals surface area (Å²) in [6.07, 6.45) is 2.91. The Kier molecular flexibility index (Phi) is 5.59. The second-order valence-corrected chi connectivity index (χ2v) is 4.58. The van der Waals surface area contributed by atoms with E-state index in [0.717, 1.165) is 24.8 Å². The topological polar surface area (TPSA) is 44.5 Å². The summed E-state index contributed by atoms with van der Waals surface area (Å²) in [5, 5.41) is 0.715. The van der Waals surface area contributed by atoms with E-state index in [9.17, 15) is 0 Å². The maximum atomic E-state index is 6.19. The number of benzene rings is 1. The SMILES string of the molecule is COc1cc(Cl)c(CCCC(C)N)cc1OC. The Morgan fingerprint density at radius 3 is 2.35 bits per heavy atom. The van der Waals surface area contributed by atoms with Crippen LogP contribution in [0.3, 0.4) is 0 Å². The van der Waals surface area contributed by atoms with Crippen molar-refractivity contribution in [1.29, 1.82) is 0 Å². The van der Waals surface area contributed by atoms with Crippen molar-refractivity contribution in [1.82, 2.24) is 0 Å². The van der Waals surface area contributed by atoms with Gasteiger partial charge in [0.2, 0.25) is 0 Å². The Balaban J connectivity index is 2.78. The zero-order chi connectivity index (χ0) is 12.8. The fraction of sp³-hybridized carbons (Fsp3) is 0.538. The molecule has 0 saturated heterocycles. The van der Waals surface area contributed by atoms with E-state index in [2.05, 4.69) is 0 Å². The number of halogens is 1. The van der Waals surface area contributed by atoms with E-state index in [1.807, 2.05) is 13.0 Å². The Morgan fingerprint density at radius 1 is 1.24 bits per heavy atom. The van der Waals surface area contributed by atoms with Crippen LogP contribution >= 0.6 is 11.6 Å². The van der Waals surface area contributed by atoms with Crippen LogP contribution in [0.1, 0.15) is 25.3 Å². The van der Waals surface area contributed by atoms with Gasteiger partial charge in [0.15, 0.2) is 11.5 Å². The molecule has 1 atom stereocenters. The number of rotatable bonds is 6. The van der Waals surface area contributed by atoms with Gasteiger partial charge in [-0.25, -0.2) is 0 Å². The lowest BCUT2D eigenvalue weighted by Crippen LogP contribution is -2.14. The molecule has 1 unspecified atom stereocenters. The van der Waals surface area contributed by atoms with Crippen LogP contribution in [-0.2, 0) is 6.42 Å². The summed E-state index contributed by atoms with van der Waals surface area (Å²) in [7, 11) is 3.22. The summed E-state index contributed by atoms with van der Waals surface area (Å²) in [5.41, 5.74) is 6.79. The first kappa shape index (κ1) is 14.1. The average Bonchev–Trinajstić information content (AvgIpc) is 2.30. The molecule has 0 fully saturated rings. The highest BCUT2D eigenvalue weighted by molar-refractivity contribution is 6.31. The molecule has 0 aliphatic heterocycles. The van der Waals surface area contributed by atoms with Crippen LogP contribution in [-0.4, -0.2) is 20.3 Å². The zero-order valence-electron chi connectivity index (χ0n) is 10.6. The quantitative estimate of drug-likeness (QED) is 0.852. The lowest BCUT2D eigenvalue weighted by molar-refractivity contribution is 0.354. The highest BCUT2D eigenvalue weighted by atomic mass is 35.5. The van der Waals surface area contributed by atoms with Crippen LogP contribution in [0.2, 0.25) is 5.02 Å². The maximum Gasteiger partial charge on any atom is 0.162 e. The molecule has 0 aliphatic carbocycles. The zero-order valence-corrected chi connectivity index (χ0v) is 11.4. The van der Waals surface area contributed by atoms with Crippen LogP contribution in [0.15, 0.2) is 12.1 Å². The number of ether oxygens (including phenoxy) is 2. The van der Waals surface area contributed by atoms with Crippen LogP contribution in [0.25, 0.3) is 0 Å². The fourth-order valence-electron chi connectivity index (χ4n) is 1.70. The van der Waals surface area contributed by atoms with Crippen molar-refractivity contribution in [3.63, 3.8) is 0 Å². The molecule has 2 N–H and O–H groups in total.